The zero-order valence-electron chi connectivity index (χ0n) is 13.6. The number of carboxylic acid groups (broad SMARTS) is 1. The van der Waals surface area contributed by atoms with E-state index in [0.717, 1.165) is 11.8 Å². The number of aliphatic carboxylic acids is 1. The number of rotatable bonds is 5. The van der Waals surface area contributed by atoms with Crippen LogP contribution >= 0.6 is 27.7 Å². The molecule has 0 atom stereocenters. The van der Waals surface area contributed by atoms with Crippen LogP contribution < -0.4 is 10.1 Å². The van der Waals surface area contributed by atoms with Crippen LogP contribution in [0.2, 0.25) is 0 Å². The van der Waals surface area contributed by atoms with Gasteiger partial charge in [-0.2, -0.15) is 0 Å². The number of aliphatic imine (C=N–C) groups is 1. The third-order valence-electron chi connectivity index (χ3n) is 3.33. The smallest absolute Gasteiger partial charge is 0.341 e. The van der Waals surface area contributed by atoms with Crippen LogP contribution in [-0.2, 0) is 9.59 Å². The number of carbonyl (C=O) groups excluding carboxylic acids is 1. The van der Waals surface area contributed by atoms with Gasteiger partial charge in [-0.25, -0.2) is 14.2 Å². The van der Waals surface area contributed by atoms with E-state index in [0.29, 0.717) is 20.7 Å². The van der Waals surface area contributed by atoms with E-state index >= 15 is 0 Å². The van der Waals surface area contributed by atoms with E-state index < -0.39 is 18.4 Å². The summed E-state index contributed by atoms with van der Waals surface area (Å²) in [6.07, 6.45) is 1.65. The van der Waals surface area contributed by atoms with Gasteiger partial charge in [-0.05, 0) is 63.6 Å². The van der Waals surface area contributed by atoms with Crippen molar-refractivity contribution in [2.24, 2.45) is 4.99 Å². The van der Waals surface area contributed by atoms with Gasteiger partial charge in [0.25, 0.3) is 5.91 Å². The maximum atomic E-state index is 13.7. The Morgan fingerprint density at radius 1 is 1.33 bits per heavy atom. The average molecular weight is 451 g/mol. The predicted molar refractivity (Wildman–Crippen MR) is 104 cm³/mol. The highest BCUT2D eigenvalue weighted by Crippen LogP contribution is 2.31. The van der Waals surface area contributed by atoms with E-state index in [1.54, 1.807) is 36.4 Å². The molecule has 2 N–H and O–H groups in total. The molecule has 27 heavy (non-hydrogen) atoms. The molecule has 1 fully saturated rings. The molecule has 6 nitrogen and oxygen atoms in total. The van der Waals surface area contributed by atoms with Crippen molar-refractivity contribution in [3.8, 4) is 5.75 Å². The van der Waals surface area contributed by atoms with Gasteiger partial charge in [-0.15, -0.1) is 0 Å². The molecule has 9 heteroatoms. The summed E-state index contributed by atoms with van der Waals surface area (Å²) in [5.41, 5.74) is 0.846. The number of thioether (sulfide) groups is 1. The topological polar surface area (TPSA) is 88.0 Å². The lowest BCUT2D eigenvalue weighted by molar-refractivity contribution is -0.139. The summed E-state index contributed by atoms with van der Waals surface area (Å²) in [5.74, 6) is -1.51. The standard InChI is InChI=1S/C18H12BrFN2O4S/c19-11-7-10(5-6-14(11)26-9-16(23)24)8-15-17(25)22-18(27-15)21-13-4-2-1-3-12(13)20/h1-8H,9H2,(H,23,24)(H,21,22,25)/b15-8-. The number of nitrogens with one attached hydrogen (secondary N) is 1. The number of ether oxygens (including phenoxy) is 1. The first-order valence-electron chi connectivity index (χ1n) is 7.60. The van der Waals surface area contributed by atoms with E-state index in [4.69, 9.17) is 9.84 Å². The highest BCUT2D eigenvalue weighted by Gasteiger charge is 2.24. The molecule has 1 aliphatic rings. The SMILES string of the molecule is O=C(O)COc1ccc(/C=C2\SC(=Nc3ccccc3F)NC2=O)cc1Br. The largest absolute Gasteiger partial charge is 0.481 e. The predicted octanol–water partition coefficient (Wildman–Crippen LogP) is 3.94. The minimum Gasteiger partial charge on any atom is -0.481 e. The number of hydrogen-bond acceptors (Lipinski definition) is 5. The number of nitrogens with zero attached hydrogens (tertiary/aromatic N) is 1. The van der Waals surface area contributed by atoms with E-state index in [2.05, 4.69) is 26.2 Å². The molecule has 0 bridgehead atoms. The molecule has 2 aromatic carbocycles. The fourth-order valence-electron chi connectivity index (χ4n) is 2.15. The Kier molecular flexibility index (Phi) is 5.92. The number of para-hydroxylation sites is 1. The lowest BCUT2D eigenvalue weighted by Gasteiger charge is -2.06. The Balaban J connectivity index is 1.77. The second-order valence-electron chi connectivity index (χ2n) is 5.31. The van der Waals surface area contributed by atoms with E-state index in [9.17, 15) is 14.0 Å². The van der Waals surface area contributed by atoms with Crippen molar-refractivity contribution < 1.29 is 23.8 Å². The van der Waals surface area contributed by atoms with Crippen LogP contribution in [0.4, 0.5) is 10.1 Å². The molecule has 0 unspecified atom stereocenters. The van der Waals surface area contributed by atoms with Crippen LogP contribution in [0.15, 0.2) is 56.8 Å². The highest BCUT2D eigenvalue weighted by atomic mass is 79.9. The van der Waals surface area contributed by atoms with Gasteiger partial charge in [0.2, 0.25) is 0 Å². The van der Waals surface area contributed by atoms with Crippen LogP contribution in [0.1, 0.15) is 5.56 Å². The summed E-state index contributed by atoms with van der Waals surface area (Å²) in [6, 6.07) is 11.0. The Hall–Kier alpha value is -2.65. The summed E-state index contributed by atoms with van der Waals surface area (Å²) in [6.45, 7) is -0.451. The monoisotopic (exact) mass is 450 g/mol. The first kappa shape index (κ1) is 19.1. The van der Waals surface area contributed by atoms with Crippen LogP contribution in [-0.4, -0.2) is 28.8 Å². The van der Waals surface area contributed by atoms with Gasteiger partial charge in [-0.3, -0.25) is 4.79 Å². The van der Waals surface area contributed by atoms with Gasteiger partial charge in [0.05, 0.1) is 9.38 Å². The van der Waals surface area contributed by atoms with Gasteiger partial charge in [-0.1, -0.05) is 18.2 Å². The van der Waals surface area contributed by atoms with Crippen molar-refractivity contribution in [3.05, 3.63) is 63.2 Å². The number of hydrogen-bond donors (Lipinski definition) is 2. The minimum atomic E-state index is -1.08. The summed E-state index contributed by atoms with van der Waals surface area (Å²) in [7, 11) is 0. The molecule has 1 amide bonds. The van der Waals surface area contributed by atoms with Gasteiger partial charge >= 0.3 is 5.97 Å². The molecule has 1 aliphatic heterocycles. The Labute approximate surface area is 166 Å². The summed E-state index contributed by atoms with van der Waals surface area (Å²) >= 11 is 4.41. The lowest BCUT2D eigenvalue weighted by atomic mass is 10.2. The zero-order valence-corrected chi connectivity index (χ0v) is 16.0. The van der Waals surface area contributed by atoms with Gasteiger partial charge in [0.15, 0.2) is 11.8 Å². The van der Waals surface area contributed by atoms with E-state index in [-0.39, 0.29) is 16.8 Å². The van der Waals surface area contributed by atoms with Crippen LogP contribution in [0.25, 0.3) is 6.08 Å². The van der Waals surface area contributed by atoms with Crippen molar-refractivity contribution in [2.45, 2.75) is 0 Å². The molecule has 138 valence electrons. The third-order valence-corrected chi connectivity index (χ3v) is 4.86. The number of halogens is 2. The molecule has 0 spiro atoms. The number of carbonyl (C=O) groups is 2. The van der Waals surface area contributed by atoms with Crippen molar-refractivity contribution in [3.63, 3.8) is 0 Å². The maximum Gasteiger partial charge on any atom is 0.341 e. The highest BCUT2D eigenvalue weighted by molar-refractivity contribution is 9.10. The molecular weight excluding hydrogens is 439 g/mol. The molecule has 0 saturated carbocycles. The van der Waals surface area contributed by atoms with E-state index in [1.807, 2.05) is 0 Å². The quantitative estimate of drug-likeness (QED) is 0.673. The van der Waals surface area contributed by atoms with Gasteiger partial charge < -0.3 is 15.2 Å². The van der Waals surface area contributed by atoms with Crippen molar-refractivity contribution in [1.29, 1.82) is 0 Å². The van der Waals surface area contributed by atoms with Crippen molar-refractivity contribution in [2.75, 3.05) is 6.61 Å². The lowest BCUT2D eigenvalue weighted by Crippen LogP contribution is -2.19. The van der Waals surface area contributed by atoms with Crippen LogP contribution in [0.5, 0.6) is 5.75 Å². The molecular formula is C18H12BrFN2O4S. The second kappa shape index (κ2) is 8.36. The number of amides is 1. The minimum absolute atomic E-state index is 0.143. The zero-order chi connectivity index (χ0) is 19.4. The number of benzene rings is 2. The normalized spacial score (nSPS) is 16.6. The average Bonchev–Trinajstić information content (AvgIpc) is 2.95. The van der Waals surface area contributed by atoms with Gasteiger partial charge in [0.1, 0.15) is 17.3 Å². The molecule has 2 aromatic rings. The van der Waals surface area contributed by atoms with Gasteiger partial charge in [0, 0.05) is 0 Å². The summed E-state index contributed by atoms with van der Waals surface area (Å²) in [4.78, 5) is 27.2. The third kappa shape index (κ3) is 4.95. The van der Waals surface area contributed by atoms with Crippen LogP contribution in [0, 0.1) is 5.82 Å². The molecule has 3 rings (SSSR count). The fraction of sp³-hybridized carbons (Fsp3) is 0.0556. The molecule has 1 heterocycles. The first-order valence-corrected chi connectivity index (χ1v) is 9.21. The van der Waals surface area contributed by atoms with Crippen LogP contribution in [0.3, 0.4) is 0 Å². The summed E-state index contributed by atoms with van der Waals surface area (Å²) < 4.78 is 19.4. The Bertz CT molecular complexity index is 978. The molecule has 0 radical (unpaired) electrons. The first-order chi connectivity index (χ1) is 12.9. The van der Waals surface area contributed by atoms with E-state index in [1.165, 1.54) is 12.1 Å². The number of carboxylic acids is 1. The van der Waals surface area contributed by atoms with Crippen molar-refractivity contribution in [1.82, 2.24) is 5.32 Å². The number of amidine groups is 1. The molecule has 1 saturated heterocycles. The summed E-state index contributed by atoms with van der Waals surface area (Å²) in [5, 5.41) is 11.5. The maximum absolute atomic E-state index is 13.7. The van der Waals surface area contributed by atoms with Crippen molar-refractivity contribution >= 4 is 56.5 Å². The molecule has 0 aromatic heterocycles. The fourth-order valence-corrected chi connectivity index (χ4v) is 3.49. The Morgan fingerprint density at radius 2 is 2.11 bits per heavy atom. The second-order valence-corrected chi connectivity index (χ2v) is 7.19. The Morgan fingerprint density at radius 3 is 2.81 bits per heavy atom. The molecule has 0 aliphatic carbocycles.